The predicted octanol–water partition coefficient (Wildman–Crippen LogP) is 3.93. The van der Waals surface area contributed by atoms with Crippen molar-refractivity contribution in [3.63, 3.8) is 0 Å². The molecule has 1 N–H and O–H groups in total. The standard InChI is InChI=1S/C27H27N5O2/c1-18-23(26(34)31(2)17-24(33)20-10-4-3-5-11-20)16-29-32(18)27-28-15-21-13-8-12-19-9-6-7-14-22(19)25(21)30-27/h3-7,9-11,14-16,24,33H,8,12-13,17H2,1-2H3/t24-/m0/s1. The van der Waals surface area contributed by atoms with Gasteiger partial charge >= 0.3 is 0 Å². The van der Waals surface area contributed by atoms with Crippen LogP contribution in [0.5, 0.6) is 0 Å². The summed E-state index contributed by atoms with van der Waals surface area (Å²) in [6.07, 6.45) is 5.67. The van der Waals surface area contributed by atoms with Gasteiger partial charge in [0.1, 0.15) is 0 Å². The molecule has 7 heteroatoms. The van der Waals surface area contributed by atoms with E-state index in [1.807, 2.05) is 49.5 Å². The molecule has 172 valence electrons. The molecule has 7 nitrogen and oxygen atoms in total. The molecule has 1 aliphatic rings. The van der Waals surface area contributed by atoms with Crippen LogP contribution in [0.1, 0.15) is 45.3 Å². The molecule has 0 fully saturated rings. The van der Waals surface area contributed by atoms with E-state index in [-0.39, 0.29) is 12.5 Å². The fraction of sp³-hybridized carbons (Fsp3) is 0.259. The summed E-state index contributed by atoms with van der Waals surface area (Å²) >= 11 is 0. The van der Waals surface area contributed by atoms with Crippen molar-refractivity contribution < 1.29 is 9.90 Å². The summed E-state index contributed by atoms with van der Waals surface area (Å²) in [5.41, 5.74) is 6.38. The third-order valence-electron chi connectivity index (χ3n) is 6.42. The summed E-state index contributed by atoms with van der Waals surface area (Å²) in [6, 6.07) is 17.7. The Bertz CT molecular complexity index is 1330. The first-order valence-electron chi connectivity index (χ1n) is 11.5. The number of aromatic nitrogens is 4. The predicted molar refractivity (Wildman–Crippen MR) is 130 cm³/mol. The normalized spacial score (nSPS) is 13.5. The molecule has 1 amide bonds. The molecular weight excluding hydrogens is 426 g/mol. The summed E-state index contributed by atoms with van der Waals surface area (Å²) in [4.78, 5) is 24.1. The molecular formula is C27H27N5O2. The Hall–Kier alpha value is -3.84. The van der Waals surface area contributed by atoms with Crippen molar-refractivity contribution in [3.05, 3.63) is 94.9 Å². The topological polar surface area (TPSA) is 84.1 Å². The number of aliphatic hydroxyl groups is 1. The van der Waals surface area contributed by atoms with E-state index in [9.17, 15) is 9.90 Å². The molecule has 0 unspecified atom stereocenters. The summed E-state index contributed by atoms with van der Waals surface area (Å²) in [7, 11) is 1.68. The van der Waals surface area contributed by atoms with Crippen LogP contribution in [-0.4, -0.2) is 49.3 Å². The number of hydrogen-bond acceptors (Lipinski definition) is 5. The number of fused-ring (bicyclic) bond motifs is 3. The second kappa shape index (κ2) is 9.19. The maximum atomic E-state index is 13.1. The van der Waals surface area contributed by atoms with E-state index in [2.05, 4.69) is 28.3 Å². The second-order valence-electron chi connectivity index (χ2n) is 8.72. The monoisotopic (exact) mass is 453 g/mol. The lowest BCUT2D eigenvalue weighted by molar-refractivity contribution is 0.0680. The highest BCUT2D eigenvalue weighted by atomic mass is 16.3. The van der Waals surface area contributed by atoms with Gasteiger partial charge in [0.05, 0.1) is 35.8 Å². The molecule has 0 saturated heterocycles. The van der Waals surface area contributed by atoms with Crippen LogP contribution in [0.25, 0.3) is 17.2 Å². The van der Waals surface area contributed by atoms with Crippen LogP contribution in [0.3, 0.4) is 0 Å². The molecule has 2 heterocycles. The van der Waals surface area contributed by atoms with Gasteiger partial charge in [0.25, 0.3) is 11.9 Å². The van der Waals surface area contributed by atoms with Gasteiger partial charge in [-0.05, 0) is 42.9 Å². The van der Waals surface area contributed by atoms with Crippen molar-refractivity contribution >= 4 is 5.91 Å². The summed E-state index contributed by atoms with van der Waals surface area (Å²) in [5, 5.41) is 15.0. The number of amides is 1. The van der Waals surface area contributed by atoms with Gasteiger partial charge < -0.3 is 10.0 Å². The van der Waals surface area contributed by atoms with Gasteiger partial charge in [0, 0.05) is 18.8 Å². The highest BCUT2D eigenvalue weighted by molar-refractivity contribution is 5.95. The molecule has 4 aromatic rings. The highest BCUT2D eigenvalue weighted by Crippen LogP contribution is 2.31. The first-order chi connectivity index (χ1) is 16.5. The van der Waals surface area contributed by atoms with Gasteiger partial charge in [-0.15, -0.1) is 0 Å². The SMILES string of the molecule is Cc1c(C(=O)N(C)C[C@H](O)c2ccccc2)cnn1-c1ncc2c(n1)-c1ccccc1CCC2. The molecule has 2 aromatic carbocycles. The maximum absolute atomic E-state index is 13.1. The first-order valence-corrected chi connectivity index (χ1v) is 11.5. The molecule has 34 heavy (non-hydrogen) atoms. The molecule has 0 radical (unpaired) electrons. The lowest BCUT2D eigenvalue weighted by Crippen LogP contribution is -2.31. The summed E-state index contributed by atoms with van der Waals surface area (Å²) in [6.45, 7) is 2.02. The van der Waals surface area contributed by atoms with Crippen molar-refractivity contribution in [1.29, 1.82) is 0 Å². The molecule has 0 spiro atoms. The Morgan fingerprint density at radius 3 is 2.62 bits per heavy atom. The van der Waals surface area contributed by atoms with E-state index in [4.69, 9.17) is 4.98 Å². The number of benzene rings is 2. The molecule has 0 bridgehead atoms. The highest BCUT2D eigenvalue weighted by Gasteiger charge is 2.23. The summed E-state index contributed by atoms with van der Waals surface area (Å²) in [5.74, 6) is 0.234. The van der Waals surface area contributed by atoms with Crippen LogP contribution >= 0.6 is 0 Å². The third kappa shape index (κ3) is 4.10. The number of aliphatic hydroxyl groups excluding tert-OH is 1. The van der Waals surface area contributed by atoms with Crippen LogP contribution in [0, 0.1) is 6.92 Å². The summed E-state index contributed by atoms with van der Waals surface area (Å²) < 4.78 is 1.61. The zero-order valence-corrected chi connectivity index (χ0v) is 19.3. The third-order valence-corrected chi connectivity index (χ3v) is 6.42. The Balaban J connectivity index is 1.42. The lowest BCUT2D eigenvalue weighted by Gasteiger charge is -2.21. The molecule has 5 rings (SSSR count). The molecule has 0 aliphatic heterocycles. The van der Waals surface area contributed by atoms with Crippen molar-refractivity contribution in [2.24, 2.45) is 0 Å². The second-order valence-corrected chi connectivity index (χ2v) is 8.72. The molecule has 1 aliphatic carbocycles. The lowest BCUT2D eigenvalue weighted by atomic mass is 10.0. The maximum Gasteiger partial charge on any atom is 0.257 e. The average Bonchev–Trinajstić information content (AvgIpc) is 3.15. The van der Waals surface area contributed by atoms with Crippen LogP contribution in [-0.2, 0) is 12.8 Å². The van der Waals surface area contributed by atoms with E-state index in [1.165, 1.54) is 10.5 Å². The minimum atomic E-state index is -0.765. The zero-order valence-electron chi connectivity index (χ0n) is 19.3. The van der Waals surface area contributed by atoms with E-state index >= 15 is 0 Å². The smallest absolute Gasteiger partial charge is 0.257 e. The number of nitrogens with zero attached hydrogens (tertiary/aromatic N) is 5. The van der Waals surface area contributed by atoms with Gasteiger partial charge in [-0.1, -0.05) is 54.6 Å². The minimum absolute atomic E-state index is 0.180. The zero-order chi connectivity index (χ0) is 23.7. The average molecular weight is 454 g/mol. The van der Waals surface area contributed by atoms with E-state index < -0.39 is 6.10 Å². The number of aryl methyl sites for hydroxylation is 2. The molecule has 1 atom stereocenters. The van der Waals surface area contributed by atoms with Crippen LogP contribution in [0.15, 0.2) is 67.0 Å². The Morgan fingerprint density at radius 1 is 1.06 bits per heavy atom. The van der Waals surface area contributed by atoms with Crippen LogP contribution in [0.4, 0.5) is 0 Å². The van der Waals surface area contributed by atoms with Crippen molar-refractivity contribution in [1.82, 2.24) is 24.6 Å². The number of rotatable bonds is 5. The van der Waals surface area contributed by atoms with E-state index in [0.29, 0.717) is 17.2 Å². The number of carbonyl (C=O) groups excluding carboxylic acids is 1. The van der Waals surface area contributed by atoms with Gasteiger partial charge in [-0.25, -0.2) is 14.6 Å². The quantitative estimate of drug-likeness (QED) is 0.495. The Morgan fingerprint density at radius 2 is 1.79 bits per heavy atom. The van der Waals surface area contributed by atoms with Gasteiger partial charge in [0.2, 0.25) is 0 Å². The number of carbonyl (C=O) groups is 1. The van der Waals surface area contributed by atoms with Gasteiger partial charge in [0.15, 0.2) is 0 Å². The van der Waals surface area contributed by atoms with Crippen molar-refractivity contribution in [2.45, 2.75) is 32.3 Å². The van der Waals surface area contributed by atoms with Gasteiger partial charge in [-0.2, -0.15) is 5.10 Å². The minimum Gasteiger partial charge on any atom is -0.387 e. The Kier molecular flexibility index (Phi) is 5.94. The number of hydrogen-bond donors (Lipinski definition) is 1. The van der Waals surface area contributed by atoms with Crippen LogP contribution < -0.4 is 0 Å². The molecule has 0 saturated carbocycles. The van der Waals surface area contributed by atoms with E-state index in [1.54, 1.807) is 17.9 Å². The molecule has 2 aromatic heterocycles. The first kappa shape index (κ1) is 22.0. The fourth-order valence-corrected chi connectivity index (χ4v) is 4.50. The van der Waals surface area contributed by atoms with Crippen LogP contribution in [0.2, 0.25) is 0 Å². The largest absolute Gasteiger partial charge is 0.387 e. The van der Waals surface area contributed by atoms with Crippen molar-refractivity contribution in [3.8, 4) is 17.2 Å². The number of likely N-dealkylation sites (N-methyl/N-ethyl adjacent to an activating group) is 1. The van der Waals surface area contributed by atoms with E-state index in [0.717, 1.165) is 41.6 Å². The van der Waals surface area contributed by atoms with Crippen molar-refractivity contribution in [2.75, 3.05) is 13.6 Å². The fourth-order valence-electron chi connectivity index (χ4n) is 4.50. The Labute approximate surface area is 198 Å². The van der Waals surface area contributed by atoms with Gasteiger partial charge in [-0.3, -0.25) is 4.79 Å².